The van der Waals surface area contributed by atoms with Crippen molar-refractivity contribution in [1.82, 2.24) is 5.32 Å². The Kier molecular flexibility index (Phi) is 3.36. The van der Waals surface area contributed by atoms with Crippen LogP contribution in [0.1, 0.15) is 31.9 Å². The summed E-state index contributed by atoms with van der Waals surface area (Å²) in [5.74, 6) is 0. The molecule has 0 atom stereocenters. The first kappa shape index (κ1) is 15.4. The first-order valence-electron chi connectivity index (χ1n) is 7.67. The van der Waals surface area contributed by atoms with E-state index >= 15 is 0 Å². The van der Waals surface area contributed by atoms with Crippen molar-refractivity contribution >= 4 is 27.9 Å². The molecule has 0 unspecified atom stereocenters. The summed E-state index contributed by atoms with van der Waals surface area (Å²) in [6.07, 6.45) is 2.26. The van der Waals surface area contributed by atoms with Crippen LogP contribution in [-0.2, 0) is 0 Å². The lowest BCUT2D eigenvalue weighted by molar-refractivity contribution is 0.556. The molecule has 4 heteroatoms. The van der Waals surface area contributed by atoms with Gasteiger partial charge in [0.15, 0.2) is 0 Å². The molecule has 2 heterocycles. The third-order valence-corrected chi connectivity index (χ3v) is 4.70. The van der Waals surface area contributed by atoms with Crippen LogP contribution in [-0.4, -0.2) is 19.6 Å². The highest BCUT2D eigenvalue weighted by molar-refractivity contribution is 5.92. The number of nitrogens with zero attached hydrogens (tertiary/aromatic N) is 1. The fraction of sp³-hybridized carbons (Fsp3) is 0.316. The molecule has 0 bridgehead atoms. The zero-order chi connectivity index (χ0) is 16.9. The van der Waals surface area contributed by atoms with Gasteiger partial charge in [-0.1, -0.05) is 12.7 Å². The normalized spacial score (nSPS) is 16.0. The Balaban J connectivity index is 2.29. The van der Waals surface area contributed by atoms with Gasteiger partial charge in [-0.2, -0.15) is 0 Å². The van der Waals surface area contributed by atoms with E-state index in [4.69, 9.17) is 4.42 Å². The highest BCUT2D eigenvalue weighted by atomic mass is 16.4. The van der Waals surface area contributed by atoms with Crippen molar-refractivity contribution in [1.29, 1.82) is 0 Å². The lowest BCUT2D eigenvalue weighted by atomic mass is 9.88. The quantitative estimate of drug-likeness (QED) is 0.861. The highest BCUT2D eigenvalue weighted by Crippen LogP contribution is 2.39. The van der Waals surface area contributed by atoms with Crippen LogP contribution in [0.15, 0.2) is 40.1 Å². The molecule has 0 fully saturated rings. The van der Waals surface area contributed by atoms with E-state index in [0.717, 1.165) is 16.6 Å². The Morgan fingerprint density at radius 2 is 2.00 bits per heavy atom. The summed E-state index contributed by atoms with van der Waals surface area (Å²) in [6, 6.07) is 5.88. The fourth-order valence-corrected chi connectivity index (χ4v) is 3.11. The first-order chi connectivity index (χ1) is 10.7. The first-order valence-corrected chi connectivity index (χ1v) is 7.67. The van der Waals surface area contributed by atoms with Crippen molar-refractivity contribution in [2.75, 3.05) is 19.0 Å². The smallest absolute Gasteiger partial charge is 0.345 e. The number of likely N-dealkylation sites (N-methyl/N-ethyl adjacent to an activating group) is 1. The van der Waals surface area contributed by atoms with Gasteiger partial charge in [0.25, 0.3) is 0 Å². The summed E-state index contributed by atoms with van der Waals surface area (Å²) < 4.78 is 5.53. The molecule has 2 aromatic rings. The lowest BCUT2D eigenvalue weighted by Gasteiger charge is -2.40. The van der Waals surface area contributed by atoms with Gasteiger partial charge in [0.05, 0.1) is 11.1 Å². The van der Waals surface area contributed by atoms with Crippen LogP contribution < -0.4 is 15.8 Å². The van der Waals surface area contributed by atoms with Crippen molar-refractivity contribution in [3.63, 3.8) is 0 Å². The zero-order valence-corrected chi connectivity index (χ0v) is 14.3. The molecule has 1 aliphatic heterocycles. The van der Waals surface area contributed by atoms with Crippen molar-refractivity contribution < 1.29 is 4.42 Å². The molecule has 120 valence electrons. The predicted octanol–water partition coefficient (Wildman–Crippen LogP) is 3.61. The van der Waals surface area contributed by atoms with Gasteiger partial charge in [-0.3, -0.25) is 0 Å². The van der Waals surface area contributed by atoms with Crippen LogP contribution in [0, 0.1) is 0 Å². The molecule has 23 heavy (non-hydrogen) atoms. The monoisotopic (exact) mass is 310 g/mol. The Morgan fingerprint density at radius 3 is 2.65 bits per heavy atom. The van der Waals surface area contributed by atoms with Gasteiger partial charge in [0, 0.05) is 42.5 Å². The highest BCUT2D eigenvalue weighted by Gasteiger charge is 2.29. The zero-order valence-electron chi connectivity index (χ0n) is 14.3. The van der Waals surface area contributed by atoms with Crippen molar-refractivity contribution in [3.8, 4) is 0 Å². The second-order valence-electron chi connectivity index (χ2n) is 6.62. The van der Waals surface area contributed by atoms with Crippen LogP contribution in [0.5, 0.6) is 0 Å². The van der Waals surface area contributed by atoms with Crippen molar-refractivity contribution in [2.24, 2.45) is 0 Å². The van der Waals surface area contributed by atoms with Crippen LogP contribution in [0.3, 0.4) is 0 Å². The standard InChI is InChI=1S/C19H22N2O2/c1-11-10-19(3,4)21(6)16-9-17-13(7-14(11)16)8-15(12(2)20-5)18(22)23-17/h7-10,20H,2H2,1,3-6H3. The second kappa shape index (κ2) is 5.01. The number of hydrogen-bond acceptors (Lipinski definition) is 4. The van der Waals surface area contributed by atoms with Crippen molar-refractivity contribution in [3.05, 3.63) is 52.4 Å². The molecule has 3 rings (SSSR count). The molecule has 0 radical (unpaired) electrons. The van der Waals surface area contributed by atoms with E-state index in [9.17, 15) is 4.79 Å². The number of anilines is 1. The number of benzene rings is 1. The summed E-state index contributed by atoms with van der Waals surface area (Å²) in [7, 11) is 3.80. The molecule has 4 nitrogen and oxygen atoms in total. The van der Waals surface area contributed by atoms with Gasteiger partial charge in [0.2, 0.25) is 0 Å². The molecule has 1 N–H and O–H groups in total. The molecular formula is C19H22N2O2. The van der Waals surface area contributed by atoms with Crippen LogP contribution in [0.2, 0.25) is 0 Å². The maximum atomic E-state index is 12.2. The molecule has 0 amide bonds. The topological polar surface area (TPSA) is 45.5 Å². The minimum atomic E-state index is -0.373. The third kappa shape index (κ3) is 2.34. The van der Waals surface area contributed by atoms with E-state index in [2.05, 4.69) is 56.8 Å². The van der Waals surface area contributed by atoms with Gasteiger partial charge in [-0.15, -0.1) is 0 Å². The van der Waals surface area contributed by atoms with Gasteiger partial charge in [-0.25, -0.2) is 4.79 Å². The number of nitrogens with one attached hydrogen (secondary N) is 1. The summed E-state index contributed by atoms with van der Waals surface area (Å²) in [6.45, 7) is 10.3. The number of hydrogen-bond donors (Lipinski definition) is 1. The molecule has 0 saturated carbocycles. The molecule has 0 spiro atoms. The van der Waals surface area contributed by atoms with Crippen LogP contribution in [0.4, 0.5) is 5.69 Å². The van der Waals surface area contributed by atoms with E-state index in [-0.39, 0.29) is 11.2 Å². The molecule has 1 aromatic heterocycles. The van der Waals surface area contributed by atoms with E-state index in [1.165, 1.54) is 5.57 Å². The van der Waals surface area contributed by atoms with Gasteiger partial charge < -0.3 is 14.6 Å². The predicted molar refractivity (Wildman–Crippen MR) is 96.7 cm³/mol. The van der Waals surface area contributed by atoms with Crippen molar-refractivity contribution in [2.45, 2.75) is 26.3 Å². The average Bonchev–Trinajstić information content (AvgIpc) is 2.49. The number of allylic oxidation sites excluding steroid dienone is 1. The Hall–Kier alpha value is -2.49. The van der Waals surface area contributed by atoms with Gasteiger partial charge in [-0.05, 0) is 38.5 Å². The maximum Gasteiger partial charge on any atom is 0.345 e. The Labute approximate surface area is 136 Å². The van der Waals surface area contributed by atoms with Crippen LogP contribution in [0.25, 0.3) is 22.2 Å². The Morgan fingerprint density at radius 1 is 1.30 bits per heavy atom. The minimum absolute atomic E-state index is 0.0780. The van der Waals surface area contributed by atoms with Gasteiger partial charge in [0.1, 0.15) is 5.58 Å². The minimum Gasteiger partial charge on any atom is -0.422 e. The second-order valence-corrected chi connectivity index (χ2v) is 6.62. The van der Waals surface area contributed by atoms with E-state index in [1.54, 1.807) is 7.05 Å². The summed E-state index contributed by atoms with van der Waals surface area (Å²) in [4.78, 5) is 14.4. The summed E-state index contributed by atoms with van der Waals surface area (Å²) in [5.41, 5.74) is 4.63. The number of rotatable bonds is 2. The average molecular weight is 310 g/mol. The third-order valence-electron chi connectivity index (χ3n) is 4.70. The van der Waals surface area contributed by atoms with E-state index < -0.39 is 0 Å². The maximum absolute atomic E-state index is 12.2. The molecule has 0 aliphatic carbocycles. The molecule has 0 saturated heterocycles. The SMILES string of the molecule is C=C(NC)c1cc2cc3c(cc2oc1=O)N(C)C(C)(C)C=C3C. The Bertz CT molecular complexity index is 903. The molecular weight excluding hydrogens is 288 g/mol. The fourth-order valence-electron chi connectivity index (χ4n) is 3.11. The largest absolute Gasteiger partial charge is 0.422 e. The summed E-state index contributed by atoms with van der Waals surface area (Å²) in [5, 5.41) is 3.80. The van der Waals surface area contributed by atoms with E-state index in [1.807, 2.05) is 12.1 Å². The van der Waals surface area contributed by atoms with E-state index in [0.29, 0.717) is 16.8 Å². The molecule has 1 aliphatic rings. The van der Waals surface area contributed by atoms with Gasteiger partial charge >= 0.3 is 5.63 Å². The number of fused-ring (bicyclic) bond motifs is 2. The summed E-state index contributed by atoms with van der Waals surface area (Å²) >= 11 is 0. The lowest BCUT2D eigenvalue weighted by Crippen LogP contribution is -2.42. The molecule has 1 aromatic carbocycles. The van der Waals surface area contributed by atoms with Crippen LogP contribution >= 0.6 is 0 Å².